The molecule has 1 amide bonds. The van der Waals surface area contributed by atoms with Crippen LogP contribution in [0.15, 0.2) is 24.3 Å². The van der Waals surface area contributed by atoms with Gasteiger partial charge in [-0.05, 0) is 44.9 Å². The summed E-state index contributed by atoms with van der Waals surface area (Å²) in [4.78, 5) is 15.0. The zero-order valence-electron chi connectivity index (χ0n) is 15.2. The van der Waals surface area contributed by atoms with E-state index in [-0.39, 0.29) is 5.91 Å². The van der Waals surface area contributed by atoms with Crippen molar-refractivity contribution < 1.29 is 14.3 Å². The van der Waals surface area contributed by atoms with Crippen LogP contribution in [0.5, 0.6) is 5.75 Å². The molecule has 2 aliphatic heterocycles. The molecule has 2 unspecified atom stereocenters. The van der Waals surface area contributed by atoms with Crippen molar-refractivity contribution in [3.05, 3.63) is 29.8 Å². The van der Waals surface area contributed by atoms with Crippen molar-refractivity contribution in [1.82, 2.24) is 10.2 Å². The molecule has 5 nitrogen and oxygen atoms in total. The molecule has 138 valence electrons. The van der Waals surface area contributed by atoms with Crippen molar-refractivity contribution >= 4 is 5.91 Å². The third-order valence-corrected chi connectivity index (χ3v) is 5.28. The van der Waals surface area contributed by atoms with E-state index in [1.165, 1.54) is 19.3 Å². The van der Waals surface area contributed by atoms with Gasteiger partial charge in [0.15, 0.2) is 0 Å². The average Bonchev–Trinajstić information content (AvgIpc) is 3.15. The molecule has 0 spiro atoms. The van der Waals surface area contributed by atoms with Gasteiger partial charge in [0.25, 0.3) is 5.91 Å². The number of rotatable bonds is 7. The Balaban J connectivity index is 1.50. The van der Waals surface area contributed by atoms with E-state index in [1.807, 2.05) is 24.3 Å². The van der Waals surface area contributed by atoms with E-state index in [1.54, 1.807) is 0 Å². The third-order valence-electron chi connectivity index (χ3n) is 5.28. The highest BCUT2D eigenvalue weighted by molar-refractivity contribution is 5.96. The molecule has 5 heteroatoms. The lowest BCUT2D eigenvalue weighted by Gasteiger charge is -2.33. The van der Waals surface area contributed by atoms with Crippen LogP contribution >= 0.6 is 0 Å². The van der Waals surface area contributed by atoms with Crippen LogP contribution in [0.4, 0.5) is 0 Å². The number of nitrogens with one attached hydrogen (secondary N) is 1. The molecular formula is C20H30N2O3. The Morgan fingerprint density at radius 2 is 2.20 bits per heavy atom. The fraction of sp³-hybridized carbons (Fsp3) is 0.650. The van der Waals surface area contributed by atoms with Gasteiger partial charge in [0, 0.05) is 31.7 Å². The molecule has 2 atom stereocenters. The number of likely N-dealkylation sites (tertiary alicyclic amines) is 1. The number of benzene rings is 1. The van der Waals surface area contributed by atoms with Gasteiger partial charge in [-0.2, -0.15) is 0 Å². The lowest BCUT2D eigenvalue weighted by atomic mass is 10.0. The van der Waals surface area contributed by atoms with Crippen LogP contribution in [0.1, 0.15) is 43.0 Å². The lowest BCUT2D eigenvalue weighted by Crippen LogP contribution is -2.40. The van der Waals surface area contributed by atoms with Crippen LogP contribution in [0.3, 0.4) is 0 Å². The lowest BCUT2D eigenvalue weighted by molar-refractivity contribution is 0.0937. The summed E-state index contributed by atoms with van der Waals surface area (Å²) in [6, 6.07) is 8.14. The summed E-state index contributed by atoms with van der Waals surface area (Å²) in [6.07, 6.45) is 4.89. The zero-order chi connectivity index (χ0) is 17.5. The number of hydrogen-bond acceptors (Lipinski definition) is 4. The fourth-order valence-corrected chi connectivity index (χ4v) is 3.62. The van der Waals surface area contributed by atoms with E-state index in [4.69, 9.17) is 9.47 Å². The molecule has 1 N–H and O–H groups in total. The highest BCUT2D eigenvalue weighted by atomic mass is 16.5. The summed E-state index contributed by atoms with van der Waals surface area (Å²) in [6.45, 7) is 7.17. The van der Waals surface area contributed by atoms with Gasteiger partial charge in [-0.25, -0.2) is 0 Å². The van der Waals surface area contributed by atoms with Crippen molar-refractivity contribution in [3.63, 3.8) is 0 Å². The maximum Gasteiger partial charge on any atom is 0.255 e. The SMILES string of the molecule is CC1CCCCN1CCOc1ccccc1C(=O)NCC1CCOC1. The van der Waals surface area contributed by atoms with Crippen molar-refractivity contribution in [2.24, 2.45) is 5.92 Å². The van der Waals surface area contributed by atoms with E-state index in [0.717, 1.165) is 32.7 Å². The minimum atomic E-state index is -0.0613. The van der Waals surface area contributed by atoms with Gasteiger partial charge in [0.1, 0.15) is 12.4 Å². The van der Waals surface area contributed by atoms with Crippen LogP contribution in [-0.2, 0) is 4.74 Å². The van der Waals surface area contributed by atoms with E-state index in [0.29, 0.717) is 36.4 Å². The maximum atomic E-state index is 12.5. The molecule has 2 fully saturated rings. The summed E-state index contributed by atoms with van der Waals surface area (Å²) in [5, 5.41) is 3.02. The van der Waals surface area contributed by atoms with Crippen molar-refractivity contribution in [2.75, 3.05) is 39.5 Å². The van der Waals surface area contributed by atoms with Gasteiger partial charge in [-0.15, -0.1) is 0 Å². The highest BCUT2D eigenvalue weighted by Crippen LogP contribution is 2.20. The zero-order valence-corrected chi connectivity index (χ0v) is 15.2. The van der Waals surface area contributed by atoms with Crippen LogP contribution in [0.2, 0.25) is 0 Å². The minimum Gasteiger partial charge on any atom is -0.491 e. The Hall–Kier alpha value is -1.59. The molecule has 1 aromatic rings. The maximum absolute atomic E-state index is 12.5. The van der Waals surface area contributed by atoms with E-state index < -0.39 is 0 Å². The Bertz CT molecular complexity index is 558. The number of carbonyl (C=O) groups excluding carboxylic acids is 1. The van der Waals surface area contributed by atoms with E-state index in [9.17, 15) is 4.79 Å². The first kappa shape index (κ1) is 18.2. The van der Waals surface area contributed by atoms with Gasteiger partial charge in [-0.1, -0.05) is 18.6 Å². The van der Waals surface area contributed by atoms with Gasteiger partial charge in [0.2, 0.25) is 0 Å². The van der Waals surface area contributed by atoms with Gasteiger partial charge >= 0.3 is 0 Å². The summed E-state index contributed by atoms with van der Waals surface area (Å²) in [5.74, 6) is 1.04. The fourth-order valence-electron chi connectivity index (χ4n) is 3.62. The van der Waals surface area contributed by atoms with Crippen LogP contribution in [0.25, 0.3) is 0 Å². The first-order valence-corrected chi connectivity index (χ1v) is 9.56. The molecule has 0 bridgehead atoms. The Morgan fingerprint density at radius 1 is 1.32 bits per heavy atom. The summed E-state index contributed by atoms with van der Waals surface area (Å²) < 4.78 is 11.3. The molecule has 3 rings (SSSR count). The molecule has 2 aliphatic rings. The Morgan fingerprint density at radius 3 is 3.00 bits per heavy atom. The first-order valence-electron chi connectivity index (χ1n) is 9.56. The van der Waals surface area contributed by atoms with Gasteiger partial charge in [0.05, 0.1) is 12.2 Å². The molecule has 2 heterocycles. The molecule has 0 aromatic heterocycles. The standard InChI is InChI=1S/C20H30N2O3/c1-16-6-4-5-10-22(16)11-13-25-19-8-3-2-7-18(19)20(23)21-14-17-9-12-24-15-17/h2-3,7-8,16-17H,4-6,9-15H2,1H3,(H,21,23). The van der Waals surface area contributed by atoms with E-state index >= 15 is 0 Å². The molecular weight excluding hydrogens is 316 g/mol. The Kier molecular flexibility index (Phi) is 6.70. The molecule has 1 aromatic carbocycles. The topological polar surface area (TPSA) is 50.8 Å². The van der Waals surface area contributed by atoms with Crippen molar-refractivity contribution in [3.8, 4) is 5.75 Å². The largest absolute Gasteiger partial charge is 0.491 e. The molecule has 25 heavy (non-hydrogen) atoms. The summed E-state index contributed by atoms with van der Waals surface area (Å²) in [5.41, 5.74) is 0.619. The van der Waals surface area contributed by atoms with Crippen LogP contribution in [-0.4, -0.2) is 56.3 Å². The Labute approximate surface area is 150 Å². The second-order valence-corrected chi connectivity index (χ2v) is 7.17. The third kappa shape index (κ3) is 5.19. The molecule has 0 aliphatic carbocycles. The predicted molar refractivity (Wildman–Crippen MR) is 98.1 cm³/mol. The second-order valence-electron chi connectivity index (χ2n) is 7.17. The molecule has 0 radical (unpaired) electrons. The van der Waals surface area contributed by atoms with Crippen LogP contribution < -0.4 is 10.1 Å². The second kappa shape index (κ2) is 9.20. The normalized spacial score (nSPS) is 24.2. The van der Waals surface area contributed by atoms with Crippen molar-refractivity contribution in [2.45, 2.75) is 38.6 Å². The molecule has 2 saturated heterocycles. The first-order chi connectivity index (χ1) is 12.2. The number of ether oxygens (including phenoxy) is 2. The van der Waals surface area contributed by atoms with Gasteiger partial charge in [-0.3, -0.25) is 9.69 Å². The number of piperidine rings is 1. The number of hydrogen-bond donors (Lipinski definition) is 1. The van der Waals surface area contributed by atoms with Crippen molar-refractivity contribution in [1.29, 1.82) is 0 Å². The smallest absolute Gasteiger partial charge is 0.255 e. The predicted octanol–water partition coefficient (Wildman–Crippen LogP) is 2.71. The number of para-hydroxylation sites is 1. The average molecular weight is 346 g/mol. The minimum absolute atomic E-state index is 0.0613. The number of carbonyl (C=O) groups is 1. The molecule has 0 saturated carbocycles. The summed E-state index contributed by atoms with van der Waals surface area (Å²) in [7, 11) is 0. The van der Waals surface area contributed by atoms with Crippen LogP contribution in [0, 0.1) is 5.92 Å². The number of amides is 1. The van der Waals surface area contributed by atoms with E-state index in [2.05, 4.69) is 17.1 Å². The quantitative estimate of drug-likeness (QED) is 0.825. The monoisotopic (exact) mass is 346 g/mol. The summed E-state index contributed by atoms with van der Waals surface area (Å²) >= 11 is 0. The number of nitrogens with zero attached hydrogens (tertiary/aromatic N) is 1. The highest BCUT2D eigenvalue weighted by Gasteiger charge is 2.20. The van der Waals surface area contributed by atoms with Gasteiger partial charge < -0.3 is 14.8 Å².